The molecule has 0 N–H and O–H groups in total. The third-order valence-corrected chi connectivity index (χ3v) is 0. The summed E-state index contributed by atoms with van der Waals surface area (Å²) in [6, 6.07) is 0. The summed E-state index contributed by atoms with van der Waals surface area (Å²) in [5, 5.41) is 0. The fourth-order valence-corrected chi connectivity index (χ4v) is 0. The molecule has 4 heteroatoms. The van der Waals surface area contributed by atoms with E-state index in [1.165, 1.54) is 0 Å². The van der Waals surface area contributed by atoms with Crippen LogP contribution in [0.25, 0.3) is 0 Å². The van der Waals surface area contributed by atoms with Gasteiger partial charge in [-0.3, -0.25) is 4.39 Å². The Hall–Kier alpha value is 0.324. The van der Waals surface area contributed by atoms with E-state index in [1.54, 1.807) is 0 Å². The molecule has 0 radical (unpaired) electrons. The standard InChI is InChI=1S/CH3F.H6OSi2/c1-2;2-1-3/h1H3;2-3H3. The average molecular weight is 112 g/mol. The van der Waals surface area contributed by atoms with Gasteiger partial charge in [-0.2, -0.15) is 0 Å². The first-order valence-electron chi connectivity index (χ1n) is 1.19. The Morgan fingerprint density at radius 1 is 1.40 bits per heavy atom. The van der Waals surface area contributed by atoms with Gasteiger partial charge in [-0.25, -0.2) is 0 Å². The maximum atomic E-state index is 9.50. The average Bonchev–Trinajstić information content (AvgIpc) is 1.46. The van der Waals surface area contributed by atoms with E-state index >= 15 is 0 Å². The SMILES string of the molecule is CF.[SiH3]O[SiH3]. The van der Waals surface area contributed by atoms with Crippen LogP contribution in [0.5, 0.6) is 0 Å². The fourth-order valence-electron chi connectivity index (χ4n) is 0. The molecule has 0 bridgehead atoms. The summed E-state index contributed by atoms with van der Waals surface area (Å²) < 4.78 is 14.0. The summed E-state index contributed by atoms with van der Waals surface area (Å²) in [6.45, 7) is 0. The molecule has 0 spiro atoms. The third-order valence-electron chi connectivity index (χ3n) is 0. The van der Waals surface area contributed by atoms with Gasteiger partial charge in [0.2, 0.25) is 0 Å². The second-order valence-electron chi connectivity index (χ2n) is 0.408. The lowest BCUT2D eigenvalue weighted by Gasteiger charge is -1.62. The van der Waals surface area contributed by atoms with Gasteiger partial charge in [0.1, 0.15) is 21.0 Å². The predicted octanol–water partition coefficient (Wildman–Crippen LogP) is -1.85. The smallest absolute Gasteiger partial charge is 0.129 e. The number of hydrogen-bond acceptors (Lipinski definition) is 1. The van der Waals surface area contributed by atoms with Gasteiger partial charge in [0, 0.05) is 0 Å². The van der Waals surface area contributed by atoms with Crippen LogP contribution in [-0.2, 0) is 4.12 Å². The van der Waals surface area contributed by atoms with Crippen LogP contribution in [-0.4, -0.2) is 28.1 Å². The van der Waals surface area contributed by atoms with Crippen LogP contribution < -0.4 is 0 Å². The molecule has 0 atom stereocenters. The van der Waals surface area contributed by atoms with Gasteiger partial charge in [0.15, 0.2) is 0 Å². The minimum Gasteiger partial charge on any atom is -0.471 e. The molecule has 0 saturated heterocycles. The molecule has 0 aliphatic rings. The molecule has 0 heterocycles. The van der Waals surface area contributed by atoms with Gasteiger partial charge in [0.25, 0.3) is 0 Å². The van der Waals surface area contributed by atoms with Crippen LogP contribution >= 0.6 is 0 Å². The highest BCUT2D eigenvalue weighted by Gasteiger charge is 1.28. The molecule has 1 nitrogen and oxygen atoms in total. The van der Waals surface area contributed by atoms with Crippen molar-refractivity contribution in [1.82, 2.24) is 0 Å². The van der Waals surface area contributed by atoms with Crippen LogP contribution in [0.2, 0.25) is 0 Å². The fraction of sp³-hybridized carbons (Fsp3) is 1.00. The largest absolute Gasteiger partial charge is 0.471 e. The van der Waals surface area contributed by atoms with Gasteiger partial charge in [-0.15, -0.1) is 0 Å². The second kappa shape index (κ2) is 27.3. The highest BCUT2D eigenvalue weighted by atomic mass is 28.3. The van der Waals surface area contributed by atoms with E-state index in [0.717, 1.165) is 21.0 Å². The Labute approximate surface area is 37.6 Å². The van der Waals surface area contributed by atoms with Crippen LogP contribution in [0.4, 0.5) is 4.39 Å². The zero-order valence-electron chi connectivity index (χ0n) is 3.79. The quantitative estimate of drug-likeness (QED) is 0.334. The molecule has 0 rings (SSSR count). The van der Waals surface area contributed by atoms with Crippen molar-refractivity contribution in [2.75, 3.05) is 7.18 Å². The molecule has 0 aromatic rings. The first-order chi connectivity index (χ1) is 2.41. The molecule has 0 aromatic carbocycles. The maximum absolute atomic E-state index is 9.50. The van der Waals surface area contributed by atoms with Crippen molar-refractivity contribution in [1.29, 1.82) is 0 Å². The van der Waals surface area contributed by atoms with E-state index in [0.29, 0.717) is 7.18 Å². The van der Waals surface area contributed by atoms with E-state index in [4.69, 9.17) is 0 Å². The molecule has 0 aliphatic carbocycles. The summed E-state index contributed by atoms with van der Waals surface area (Å²) in [5.74, 6) is 0. The number of halogens is 1. The van der Waals surface area contributed by atoms with Crippen LogP contribution in [0.15, 0.2) is 0 Å². The van der Waals surface area contributed by atoms with Gasteiger partial charge in [-0.1, -0.05) is 0 Å². The molecule has 0 aliphatic heterocycles. The zero-order chi connectivity index (χ0) is 4.71. The number of rotatable bonds is 0. The summed E-state index contributed by atoms with van der Waals surface area (Å²) in [6.07, 6.45) is 0. The van der Waals surface area contributed by atoms with Gasteiger partial charge >= 0.3 is 0 Å². The van der Waals surface area contributed by atoms with Crippen LogP contribution in [0.3, 0.4) is 0 Å². The molecule has 0 amide bonds. The normalized spacial score (nSPS) is 6.00. The summed E-state index contributed by atoms with van der Waals surface area (Å²) >= 11 is 0. The molecule has 34 valence electrons. The minimum atomic E-state index is 0.500. The van der Waals surface area contributed by atoms with Crippen molar-refractivity contribution in [2.45, 2.75) is 0 Å². The Morgan fingerprint density at radius 3 is 1.40 bits per heavy atom. The van der Waals surface area contributed by atoms with E-state index in [9.17, 15) is 4.39 Å². The molecular formula is CH9FOSi2. The lowest BCUT2D eigenvalue weighted by atomic mass is 11.9. The molecular weight excluding hydrogens is 103 g/mol. The first-order valence-corrected chi connectivity index (χ1v) is 2.83. The lowest BCUT2D eigenvalue weighted by molar-refractivity contribution is 0.636. The monoisotopic (exact) mass is 112 g/mol. The molecule has 0 unspecified atom stereocenters. The van der Waals surface area contributed by atoms with Crippen molar-refractivity contribution in [3.63, 3.8) is 0 Å². The van der Waals surface area contributed by atoms with E-state index in [1.807, 2.05) is 0 Å². The molecule has 0 fully saturated rings. The molecule has 0 aromatic heterocycles. The van der Waals surface area contributed by atoms with Crippen molar-refractivity contribution in [3.05, 3.63) is 0 Å². The van der Waals surface area contributed by atoms with Crippen molar-refractivity contribution in [3.8, 4) is 0 Å². The molecule has 5 heavy (non-hydrogen) atoms. The van der Waals surface area contributed by atoms with Gasteiger partial charge < -0.3 is 4.12 Å². The van der Waals surface area contributed by atoms with Crippen LogP contribution in [0, 0.1) is 0 Å². The highest BCUT2D eigenvalue weighted by Crippen LogP contribution is 1.20. The van der Waals surface area contributed by atoms with E-state index < -0.39 is 0 Å². The zero-order valence-corrected chi connectivity index (χ0v) is 7.79. The summed E-state index contributed by atoms with van der Waals surface area (Å²) in [7, 11) is 2.36. The van der Waals surface area contributed by atoms with Crippen LogP contribution in [0.1, 0.15) is 0 Å². The van der Waals surface area contributed by atoms with Gasteiger partial charge in [-0.05, 0) is 0 Å². The number of alkyl halides is 1. The second-order valence-corrected chi connectivity index (χ2v) is 3.67. The lowest BCUT2D eigenvalue weighted by Crippen LogP contribution is -1.65. The van der Waals surface area contributed by atoms with Crippen molar-refractivity contribution < 1.29 is 8.51 Å². The summed E-state index contributed by atoms with van der Waals surface area (Å²) in [5.41, 5.74) is 0. The molecule has 0 saturated carbocycles. The Bertz CT molecular complexity index is 9.61. The topological polar surface area (TPSA) is 9.23 Å². The number of hydrogen-bond donors (Lipinski definition) is 0. The summed E-state index contributed by atoms with van der Waals surface area (Å²) in [4.78, 5) is 0. The van der Waals surface area contributed by atoms with Crippen molar-refractivity contribution in [2.24, 2.45) is 0 Å². The maximum Gasteiger partial charge on any atom is 0.129 e. The third kappa shape index (κ3) is 223. The van der Waals surface area contributed by atoms with E-state index in [-0.39, 0.29) is 0 Å². The predicted molar refractivity (Wildman–Crippen MR) is 28.0 cm³/mol. The van der Waals surface area contributed by atoms with E-state index in [2.05, 4.69) is 4.12 Å². The minimum absolute atomic E-state index is 0.500. The Kier molecular flexibility index (Phi) is 49.1. The van der Waals surface area contributed by atoms with Gasteiger partial charge in [0.05, 0.1) is 7.18 Å². The first kappa shape index (κ1) is 9.01. The highest BCUT2D eigenvalue weighted by molar-refractivity contribution is 6.15. The Balaban J connectivity index is 0. The Morgan fingerprint density at radius 2 is 1.40 bits per heavy atom. The van der Waals surface area contributed by atoms with Crippen molar-refractivity contribution >= 4 is 21.0 Å².